The van der Waals surface area contributed by atoms with Crippen LogP contribution in [-0.2, 0) is 34.8 Å². The summed E-state index contributed by atoms with van der Waals surface area (Å²) < 4.78 is 39.9. The maximum Gasteiger partial charge on any atom is 0.437 e. The number of ether oxygens (including phenoxy) is 6. The molecule has 1 aromatic carbocycles. The Hall–Kier alpha value is -6.41. The van der Waals surface area contributed by atoms with Crippen molar-refractivity contribution < 1.29 is 61.6 Å². The van der Waals surface area contributed by atoms with Gasteiger partial charge in [0.2, 0.25) is 11.9 Å². The average molecular weight is 1070 g/mol. The zero-order chi connectivity index (χ0) is 57.5. The maximum absolute atomic E-state index is 14.3. The fourth-order valence-electron chi connectivity index (χ4n) is 7.13. The molecule has 426 valence electrons. The van der Waals surface area contributed by atoms with Crippen molar-refractivity contribution in [2.24, 2.45) is 15.0 Å². The molecule has 6 amide bonds. The van der Waals surface area contributed by atoms with Gasteiger partial charge in [-0.2, -0.15) is 0 Å². The van der Waals surface area contributed by atoms with Crippen LogP contribution in [0.5, 0.6) is 0 Å². The average Bonchev–Trinajstić information content (AvgIpc) is 3.63. The van der Waals surface area contributed by atoms with E-state index in [0.29, 0.717) is 68.9 Å². The molecule has 1 aromatic heterocycles. The van der Waals surface area contributed by atoms with Gasteiger partial charge in [0.05, 0.1) is 0 Å². The Kier molecular flexibility index (Phi) is 22.8. The van der Waals surface area contributed by atoms with Crippen LogP contribution in [0.1, 0.15) is 187 Å². The number of aliphatic imine (C=N–C) groups is 3. The number of nitrogens with zero attached hydrogens (tertiary/aromatic N) is 6. The smallest absolute Gasteiger partial charge is 0.437 e. The second-order valence-electron chi connectivity index (χ2n) is 24.5. The first kappa shape index (κ1) is 63.9. The Morgan fingerprint density at radius 1 is 0.605 bits per heavy atom. The van der Waals surface area contributed by atoms with E-state index in [2.05, 4.69) is 25.6 Å². The molecule has 76 heavy (non-hydrogen) atoms. The molecule has 2 heterocycles. The third-order valence-corrected chi connectivity index (χ3v) is 9.91. The van der Waals surface area contributed by atoms with Crippen molar-refractivity contribution in [1.82, 2.24) is 25.3 Å². The number of aryl methyl sites for hydroxylation is 1. The summed E-state index contributed by atoms with van der Waals surface area (Å²) in [5.74, 6) is 0.705. The lowest BCUT2D eigenvalue weighted by molar-refractivity contribution is 0.0267. The van der Waals surface area contributed by atoms with Crippen LogP contribution in [-0.4, -0.2) is 135 Å². The molecule has 0 unspecified atom stereocenters. The lowest BCUT2D eigenvalue weighted by Gasteiger charge is -2.34. The van der Waals surface area contributed by atoms with Gasteiger partial charge in [-0.15, -0.1) is 9.98 Å². The number of guanidine groups is 2. The first-order valence-corrected chi connectivity index (χ1v) is 26.3. The van der Waals surface area contributed by atoms with E-state index in [-0.39, 0.29) is 31.4 Å². The molecular formula is C55H88N8O13. The Balaban J connectivity index is 1.85. The van der Waals surface area contributed by atoms with Crippen molar-refractivity contribution in [3.05, 3.63) is 35.6 Å². The lowest BCUT2D eigenvalue weighted by atomic mass is 10.1. The number of hydrogen-bond acceptors (Lipinski definition) is 14. The van der Waals surface area contributed by atoms with Crippen LogP contribution in [0.15, 0.2) is 43.7 Å². The molecule has 2 aromatic rings. The van der Waals surface area contributed by atoms with Gasteiger partial charge in [0.25, 0.3) is 0 Å². The highest BCUT2D eigenvalue weighted by atomic mass is 16.6. The molecule has 1 aliphatic rings. The molecule has 21 heteroatoms. The summed E-state index contributed by atoms with van der Waals surface area (Å²) in [5.41, 5.74) is -3.81. The number of fused-ring (bicyclic) bond motifs is 1. The van der Waals surface area contributed by atoms with E-state index >= 15 is 0 Å². The first-order valence-electron chi connectivity index (χ1n) is 26.3. The number of furan rings is 1. The zero-order valence-corrected chi connectivity index (χ0v) is 48.7. The normalized spacial score (nSPS) is 14.1. The van der Waals surface area contributed by atoms with E-state index < -0.39 is 70.2 Å². The Morgan fingerprint density at radius 3 is 1.64 bits per heavy atom. The second-order valence-corrected chi connectivity index (χ2v) is 24.5. The van der Waals surface area contributed by atoms with E-state index in [9.17, 15) is 28.8 Å². The number of rotatable bonds is 14. The van der Waals surface area contributed by atoms with Crippen LogP contribution < -0.4 is 10.6 Å². The molecule has 21 nitrogen and oxygen atoms in total. The molecule has 0 saturated carbocycles. The fourth-order valence-corrected chi connectivity index (χ4v) is 7.13. The van der Waals surface area contributed by atoms with Crippen molar-refractivity contribution in [3.63, 3.8) is 0 Å². The van der Waals surface area contributed by atoms with Gasteiger partial charge in [0.1, 0.15) is 50.8 Å². The number of carbonyl (C=O) groups excluding carboxylic acids is 6. The summed E-state index contributed by atoms with van der Waals surface area (Å²) in [7, 11) is 0. The predicted molar refractivity (Wildman–Crippen MR) is 292 cm³/mol. The van der Waals surface area contributed by atoms with Gasteiger partial charge >= 0.3 is 36.6 Å². The number of alkyl carbamates (subject to hydrolysis) is 1. The minimum atomic E-state index is -1.03. The predicted octanol–water partition coefficient (Wildman–Crippen LogP) is 12.3. The number of nitrogens with one attached hydrogen (secondary N) is 2. The first-order chi connectivity index (χ1) is 34.9. The van der Waals surface area contributed by atoms with Gasteiger partial charge in [0, 0.05) is 50.1 Å². The fraction of sp³-hybridized carbons (Fsp3) is 0.691. The number of unbranched alkanes of at least 4 members (excludes halogenated alkanes) is 5. The highest BCUT2D eigenvalue weighted by molar-refractivity contribution is 6.08. The quantitative estimate of drug-likeness (QED) is 0.0774. The maximum atomic E-state index is 14.3. The molecule has 0 fully saturated rings. The van der Waals surface area contributed by atoms with Gasteiger partial charge < -0.3 is 38.2 Å². The molecule has 0 bridgehead atoms. The summed E-state index contributed by atoms with van der Waals surface area (Å²) in [6, 6.07) is 7.47. The molecule has 0 saturated heterocycles. The molecule has 0 radical (unpaired) electrons. The largest absolute Gasteiger partial charge is 0.461 e. The van der Waals surface area contributed by atoms with Crippen LogP contribution >= 0.6 is 0 Å². The number of hydrogen-bond donors (Lipinski definition) is 2. The van der Waals surface area contributed by atoms with Crippen molar-refractivity contribution in [1.29, 1.82) is 0 Å². The van der Waals surface area contributed by atoms with Crippen molar-refractivity contribution in [3.8, 4) is 0 Å². The van der Waals surface area contributed by atoms with E-state index in [0.717, 1.165) is 35.1 Å². The highest BCUT2D eigenvalue weighted by Crippen LogP contribution is 2.26. The van der Waals surface area contributed by atoms with E-state index in [1.807, 2.05) is 45.0 Å². The Bertz CT molecular complexity index is 2400. The number of amidine groups is 1. The van der Waals surface area contributed by atoms with Crippen LogP contribution in [0.2, 0.25) is 0 Å². The summed E-state index contributed by atoms with van der Waals surface area (Å²) in [6.07, 6.45) is 0.513. The molecule has 3 rings (SSSR count). The van der Waals surface area contributed by atoms with E-state index in [1.54, 1.807) is 109 Å². The Labute approximate surface area is 450 Å². The third-order valence-electron chi connectivity index (χ3n) is 9.91. The van der Waals surface area contributed by atoms with Gasteiger partial charge in [-0.05, 0) is 175 Å². The third kappa shape index (κ3) is 25.0. The highest BCUT2D eigenvalue weighted by Gasteiger charge is 2.36. The zero-order valence-electron chi connectivity index (χ0n) is 48.7. The number of amides is 6. The van der Waals surface area contributed by atoms with Crippen LogP contribution in [0, 0.1) is 0 Å². The molecule has 0 spiro atoms. The molecule has 1 aliphatic heterocycles. The molecule has 0 atom stereocenters. The molecule has 2 N–H and O–H groups in total. The van der Waals surface area contributed by atoms with Crippen molar-refractivity contribution >= 4 is 65.3 Å². The SMILES string of the molecule is CC(C)(C)OC(=O)/N=C(\NCCCCCCCCN(C(=O)OC(C)(C)C)/C(=N\C(=O)OC(C)(C)C)N(CCCc1cc2cc(C3=NCCCN3C(=O)OC(C)(C)C)ccc2o1)C(=O)OC(C)(C)C)NC(=O)OC(C)(C)C. The summed E-state index contributed by atoms with van der Waals surface area (Å²) in [4.78, 5) is 97.2. The monoisotopic (exact) mass is 1070 g/mol. The van der Waals surface area contributed by atoms with Gasteiger partial charge in [-0.3, -0.25) is 15.2 Å². The van der Waals surface area contributed by atoms with Crippen LogP contribution in [0.3, 0.4) is 0 Å². The standard InChI is InChI=1S/C55H88N8O13/c1-50(2,3)71-44(64)58-42(59-45(65)72-51(4,5)6)57-30-23-21-19-20-22-24-32-62(48(68)75-54(13,14)15)43(60-46(66)73-52(7,8)9)63(49(69)76-55(16,17)18)33-25-27-39-36-38-35-37(28-29-40(38)70-39)41-56-31-26-34-61(41)47(67)74-53(10,11)12/h28-29,35-36H,19-27,30-34H2,1-18H3,(H2,57,58,59,64,65)/b60-43+. The molecular weight excluding hydrogens is 981 g/mol. The van der Waals surface area contributed by atoms with Crippen molar-refractivity contribution in [2.75, 3.05) is 32.7 Å². The van der Waals surface area contributed by atoms with Gasteiger partial charge in [-0.1, -0.05) is 25.7 Å². The number of benzene rings is 1. The van der Waals surface area contributed by atoms with Gasteiger partial charge in [-0.25, -0.2) is 38.6 Å². The van der Waals surface area contributed by atoms with Crippen molar-refractivity contribution in [2.45, 2.75) is 216 Å². The topological polar surface area (TPSA) is 242 Å². The molecule has 0 aliphatic carbocycles. The summed E-state index contributed by atoms with van der Waals surface area (Å²) in [6.45, 7) is 32.4. The lowest BCUT2D eigenvalue weighted by Crippen LogP contribution is -2.53. The van der Waals surface area contributed by atoms with Gasteiger partial charge in [0.15, 0.2) is 0 Å². The van der Waals surface area contributed by atoms with E-state index in [1.165, 1.54) is 4.90 Å². The van der Waals surface area contributed by atoms with Crippen LogP contribution in [0.4, 0.5) is 28.8 Å². The second kappa shape index (κ2) is 27.1. The summed E-state index contributed by atoms with van der Waals surface area (Å²) in [5, 5.41) is 6.26. The number of carbonyl (C=O) groups is 6. The van der Waals surface area contributed by atoms with Crippen LogP contribution in [0.25, 0.3) is 11.0 Å². The summed E-state index contributed by atoms with van der Waals surface area (Å²) >= 11 is 0. The minimum absolute atomic E-state index is 0.0147. The minimum Gasteiger partial charge on any atom is -0.461 e. The van der Waals surface area contributed by atoms with E-state index in [4.69, 9.17) is 32.8 Å². The Morgan fingerprint density at radius 2 is 1.11 bits per heavy atom.